The van der Waals surface area contributed by atoms with Gasteiger partial charge in [0, 0.05) is 0 Å². The van der Waals surface area contributed by atoms with Crippen molar-refractivity contribution in [2.45, 2.75) is 19.8 Å². The molecule has 0 aliphatic carbocycles. The Morgan fingerprint density at radius 2 is 2.33 bits per heavy atom. The van der Waals surface area contributed by atoms with E-state index < -0.39 is 11.8 Å². The number of benzene rings is 1. The number of aryl methyl sites for hydroxylation is 2. The topological polar surface area (TPSA) is 46.5 Å². The van der Waals surface area contributed by atoms with E-state index >= 15 is 0 Å². The maximum absolute atomic E-state index is 13.6. The smallest absolute Gasteiger partial charge is 0.342 e. The van der Waals surface area contributed by atoms with Gasteiger partial charge in [-0.05, 0) is 37.0 Å². The molecule has 3 nitrogen and oxygen atoms in total. The van der Waals surface area contributed by atoms with Crippen LogP contribution in [0.4, 0.5) is 4.39 Å². The van der Waals surface area contributed by atoms with Crippen molar-refractivity contribution in [3.63, 3.8) is 0 Å². The maximum atomic E-state index is 13.6. The summed E-state index contributed by atoms with van der Waals surface area (Å²) in [6.45, 7) is 2.02. The van der Waals surface area contributed by atoms with E-state index in [4.69, 9.17) is 9.84 Å². The molecule has 80 valence electrons. The highest BCUT2D eigenvalue weighted by Gasteiger charge is 2.24. The minimum atomic E-state index is -1.27. The molecule has 0 saturated carbocycles. The zero-order chi connectivity index (χ0) is 11.0. The average Bonchev–Trinajstić information content (AvgIpc) is 2.19. The third-order valence-electron chi connectivity index (χ3n) is 2.53. The lowest BCUT2D eigenvalue weighted by Crippen LogP contribution is -2.15. The van der Waals surface area contributed by atoms with Crippen LogP contribution in [-0.2, 0) is 6.42 Å². The molecule has 1 N–H and O–H groups in total. The lowest BCUT2D eigenvalue weighted by atomic mass is 9.98. The van der Waals surface area contributed by atoms with Crippen LogP contribution in [0, 0.1) is 12.7 Å². The summed E-state index contributed by atoms with van der Waals surface area (Å²) in [5, 5.41) is 8.93. The van der Waals surface area contributed by atoms with Crippen LogP contribution in [0.5, 0.6) is 5.75 Å². The molecule has 4 heteroatoms. The molecular formula is C11H11FO3. The molecule has 0 bridgehead atoms. The first-order chi connectivity index (χ1) is 7.11. The summed E-state index contributed by atoms with van der Waals surface area (Å²) >= 11 is 0. The summed E-state index contributed by atoms with van der Waals surface area (Å²) < 4.78 is 18.8. The Kier molecular flexibility index (Phi) is 2.34. The molecule has 0 unspecified atom stereocenters. The number of carboxylic acids is 1. The molecule has 15 heavy (non-hydrogen) atoms. The van der Waals surface area contributed by atoms with E-state index in [9.17, 15) is 9.18 Å². The van der Waals surface area contributed by atoms with Gasteiger partial charge in [-0.1, -0.05) is 0 Å². The van der Waals surface area contributed by atoms with Crippen LogP contribution in [0.1, 0.15) is 27.9 Å². The molecule has 1 aromatic rings. The second-order valence-corrected chi connectivity index (χ2v) is 3.63. The molecule has 0 spiro atoms. The molecule has 1 aliphatic heterocycles. The molecule has 0 atom stereocenters. The molecule has 1 aromatic carbocycles. The van der Waals surface area contributed by atoms with Crippen LogP contribution in [0.25, 0.3) is 0 Å². The lowest BCUT2D eigenvalue weighted by Gasteiger charge is -2.20. The number of fused-ring (bicyclic) bond motifs is 1. The second kappa shape index (κ2) is 3.53. The monoisotopic (exact) mass is 210 g/mol. The number of halogens is 1. The SMILES string of the molecule is Cc1cc2c(c(C(=O)O)c1F)OCCC2. The van der Waals surface area contributed by atoms with Crippen LogP contribution in [0.3, 0.4) is 0 Å². The van der Waals surface area contributed by atoms with E-state index in [2.05, 4.69) is 0 Å². The van der Waals surface area contributed by atoms with E-state index in [0.717, 1.165) is 18.4 Å². The largest absolute Gasteiger partial charge is 0.492 e. The minimum absolute atomic E-state index is 0.205. The molecule has 2 rings (SSSR count). The maximum Gasteiger partial charge on any atom is 0.342 e. The highest BCUT2D eigenvalue weighted by Crippen LogP contribution is 2.32. The molecule has 0 amide bonds. The average molecular weight is 210 g/mol. The van der Waals surface area contributed by atoms with Crippen LogP contribution in [-0.4, -0.2) is 17.7 Å². The van der Waals surface area contributed by atoms with Gasteiger partial charge in [0.15, 0.2) is 0 Å². The van der Waals surface area contributed by atoms with Crippen molar-refractivity contribution >= 4 is 5.97 Å². The highest BCUT2D eigenvalue weighted by molar-refractivity contribution is 5.92. The third-order valence-corrected chi connectivity index (χ3v) is 2.53. The van der Waals surface area contributed by atoms with E-state index in [1.165, 1.54) is 0 Å². The van der Waals surface area contributed by atoms with Crippen molar-refractivity contribution in [3.8, 4) is 5.75 Å². The molecule has 1 aliphatic rings. The van der Waals surface area contributed by atoms with Gasteiger partial charge in [0.1, 0.15) is 17.1 Å². The Hall–Kier alpha value is -1.58. The Bertz CT molecular complexity index is 426. The van der Waals surface area contributed by atoms with Gasteiger partial charge in [0.2, 0.25) is 0 Å². The van der Waals surface area contributed by atoms with Crippen molar-refractivity contribution in [2.75, 3.05) is 6.61 Å². The summed E-state index contributed by atoms with van der Waals surface area (Å²) in [6, 6.07) is 1.66. The predicted molar refractivity (Wildman–Crippen MR) is 51.9 cm³/mol. The highest BCUT2D eigenvalue weighted by atomic mass is 19.1. The van der Waals surface area contributed by atoms with Crippen molar-refractivity contribution in [3.05, 3.63) is 28.6 Å². The summed E-state index contributed by atoms with van der Waals surface area (Å²) in [5.74, 6) is -1.76. The second-order valence-electron chi connectivity index (χ2n) is 3.63. The number of aromatic carboxylic acids is 1. The number of rotatable bonds is 1. The lowest BCUT2D eigenvalue weighted by molar-refractivity contribution is 0.0685. The molecular weight excluding hydrogens is 199 g/mol. The Morgan fingerprint density at radius 1 is 1.60 bits per heavy atom. The number of carboxylic acid groups (broad SMARTS) is 1. The zero-order valence-electron chi connectivity index (χ0n) is 8.34. The summed E-state index contributed by atoms with van der Waals surface area (Å²) in [6.07, 6.45) is 1.59. The van der Waals surface area contributed by atoms with Crippen LogP contribution < -0.4 is 4.74 Å². The van der Waals surface area contributed by atoms with Crippen LogP contribution >= 0.6 is 0 Å². The van der Waals surface area contributed by atoms with Crippen molar-refractivity contribution in [1.82, 2.24) is 0 Å². The minimum Gasteiger partial charge on any atom is -0.492 e. The summed E-state index contributed by atoms with van der Waals surface area (Å²) in [4.78, 5) is 10.9. The Labute approximate surface area is 86.5 Å². The number of carbonyl (C=O) groups is 1. The van der Waals surface area contributed by atoms with E-state index in [1.807, 2.05) is 0 Å². The fourth-order valence-corrected chi connectivity index (χ4v) is 1.83. The fourth-order valence-electron chi connectivity index (χ4n) is 1.83. The quantitative estimate of drug-likeness (QED) is 0.772. The van der Waals surface area contributed by atoms with E-state index in [1.54, 1.807) is 13.0 Å². The number of hydrogen-bond acceptors (Lipinski definition) is 2. The van der Waals surface area contributed by atoms with Gasteiger partial charge in [-0.25, -0.2) is 9.18 Å². The Balaban J connectivity index is 2.68. The first-order valence-corrected chi connectivity index (χ1v) is 4.79. The summed E-state index contributed by atoms with van der Waals surface area (Å²) in [5.41, 5.74) is 0.818. The van der Waals surface area contributed by atoms with Gasteiger partial charge < -0.3 is 9.84 Å². The van der Waals surface area contributed by atoms with Gasteiger partial charge in [-0.3, -0.25) is 0 Å². The first-order valence-electron chi connectivity index (χ1n) is 4.79. The van der Waals surface area contributed by atoms with Gasteiger partial charge in [-0.2, -0.15) is 0 Å². The van der Waals surface area contributed by atoms with Crippen molar-refractivity contribution < 1.29 is 19.0 Å². The predicted octanol–water partition coefficient (Wildman–Crippen LogP) is 2.16. The zero-order valence-corrected chi connectivity index (χ0v) is 8.34. The molecule has 0 fully saturated rings. The first kappa shape index (κ1) is 9.96. The van der Waals surface area contributed by atoms with Crippen LogP contribution in [0.2, 0.25) is 0 Å². The van der Waals surface area contributed by atoms with Gasteiger partial charge in [0.25, 0.3) is 0 Å². The van der Waals surface area contributed by atoms with Gasteiger partial charge in [0.05, 0.1) is 6.61 Å². The normalized spacial score (nSPS) is 14.3. The van der Waals surface area contributed by atoms with Crippen LogP contribution in [0.15, 0.2) is 6.07 Å². The molecule has 1 heterocycles. The number of hydrogen-bond donors (Lipinski definition) is 1. The van der Waals surface area contributed by atoms with E-state index in [0.29, 0.717) is 12.2 Å². The Morgan fingerprint density at radius 3 is 3.00 bits per heavy atom. The third kappa shape index (κ3) is 1.56. The number of ether oxygens (including phenoxy) is 1. The standard InChI is InChI=1S/C11H11FO3/c1-6-5-7-3-2-4-15-10(7)8(9(6)12)11(13)14/h5H,2-4H2,1H3,(H,13,14). The van der Waals surface area contributed by atoms with Crippen molar-refractivity contribution in [2.24, 2.45) is 0 Å². The van der Waals surface area contributed by atoms with Gasteiger partial charge in [-0.15, -0.1) is 0 Å². The molecule has 0 aromatic heterocycles. The van der Waals surface area contributed by atoms with E-state index in [-0.39, 0.29) is 11.3 Å². The summed E-state index contributed by atoms with van der Waals surface area (Å²) in [7, 11) is 0. The molecule has 0 radical (unpaired) electrons. The van der Waals surface area contributed by atoms with Crippen molar-refractivity contribution in [1.29, 1.82) is 0 Å². The fraction of sp³-hybridized carbons (Fsp3) is 0.364. The molecule has 0 saturated heterocycles. The van der Waals surface area contributed by atoms with Gasteiger partial charge >= 0.3 is 5.97 Å².